The van der Waals surface area contributed by atoms with Crippen molar-refractivity contribution in [3.05, 3.63) is 22.6 Å². The summed E-state index contributed by atoms with van der Waals surface area (Å²) in [6.07, 6.45) is 1.47. The summed E-state index contributed by atoms with van der Waals surface area (Å²) < 4.78 is 5.42. The van der Waals surface area contributed by atoms with Gasteiger partial charge in [0, 0.05) is 5.54 Å². The second-order valence-electron chi connectivity index (χ2n) is 3.81. The van der Waals surface area contributed by atoms with Crippen LogP contribution in [0.2, 0.25) is 0 Å². The van der Waals surface area contributed by atoms with Crippen molar-refractivity contribution in [1.82, 2.24) is 5.32 Å². The minimum absolute atomic E-state index is 0.131. The Hall–Kier alpha value is -0.770. The van der Waals surface area contributed by atoms with Crippen LogP contribution >= 0.6 is 15.9 Å². The van der Waals surface area contributed by atoms with E-state index < -0.39 is 0 Å². The molecule has 0 saturated heterocycles. The van der Waals surface area contributed by atoms with E-state index in [0.29, 0.717) is 10.2 Å². The molecule has 1 rings (SSSR count). The lowest BCUT2D eigenvalue weighted by Crippen LogP contribution is -2.40. The van der Waals surface area contributed by atoms with Gasteiger partial charge in [-0.1, -0.05) is 0 Å². The standard InChI is InChI=1S/C9H12BrNO2/c1-9(2,3)11-8(12)6-4-5-13-7(6)10/h4-5H,1-3H3,(H,11,12). The van der Waals surface area contributed by atoms with Gasteiger partial charge < -0.3 is 9.73 Å². The second-order valence-corrected chi connectivity index (χ2v) is 4.53. The largest absolute Gasteiger partial charge is 0.457 e. The fraction of sp³-hybridized carbons (Fsp3) is 0.444. The number of halogens is 1. The Bertz CT molecular complexity index is 312. The Morgan fingerprint density at radius 2 is 2.15 bits per heavy atom. The van der Waals surface area contributed by atoms with Crippen LogP contribution in [0.3, 0.4) is 0 Å². The molecular formula is C9H12BrNO2. The van der Waals surface area contributed by atoms with E-state index in [1.165, 1.54) is 6.26 Å². The van der Waals surface area contributed by atoms with Crippen LogP contribution in [-0.4, -0.2) is 11.4 Å². The van der Waals surface area contributed by atoms with Gasteiger partial charge in [-0.2, -0.15) is 0 Å². The first kappa shape index (κ1) is 10.3. The normalized spacial score (nSPS) is 11.4. The van der Waals surface area contributed by atoms with Gasteiger partial charge in [-0.15, -0.1) is 0 Å². The lowest BCUT2D eigenvalue weighted by molar-refractivity contribution is 0.0918. The fourth-order valence-corrected chi connectivity index (χ4v) is 1.28. The van der Waals surface area contributed by atoms with E-state index in [1.807, 2.05) is 20.8 Å². The summed E-state index contributed by atoms with van der Waals surface area (Å²) in [4.78, 5) is 11.5. The van der Waals surface area contributed by atoms with Crippen LogP contribution in [0.25, 0.3) is 0 Å². The zero-order chi connectivity index (χ0) is 10.1. The maximum atomic E-state index is 11.5. The number of hydrogen-bond donors (Lipinski definition) is 1. The molecule has 0 atom stereocenters. The van der Waals surface area contributed by atoms with Gasteiger partial charge in [0.25, 0.3) is 5.91 Å². The van der Waals surface area contributed by atoms with Crippen LogP contribution in [0.4, 0.5) is 0 Å². The molecule has 0 saturated carbocycles. The lowest BCUT2D eigenvalue weighted by Gasteiger charge is -2.19. The molecule has 0 aliphatic rings. The molecule has 1 N–H and O–H groups in total. The van der Waals surface area contributed by atoms with E-state index in [-0.39, 0.29) is 11.4 Å². The molecule has 1 aromatic rings. The molecule has 1 aromatic heterocycles. The van der Waals surface area contributed by atoms with Crippen LogP contribution in [0.5, 0.6) is 0 Å². The van der Waals surface area contributed by atoms with E-state index in [9.17, 15) is 4.79 Å². The molecule has 72 valence electrons. The van der Waals surface area contributed by atoms with Crippen molar-refractivity contribution in [2.45, 2.75) is 26.3 Å². The number of furan rings is 1. The summed E-state index contributed by atoms with van der Waals surface area (Å²) in [5, 5.41) is 2.83. The molecule has 1 heterocycles. The third-order valence-corrected chi connectivity index (χ3v) is 1.97. The van der Waals surface area contributed by atoms with Crippen molar-refractivity contribution >= 4 is 21.8 Å². The molecular weight excluding hydrogens is 234 g/mol. The van der Waals surface area contributed by atoms with Gasteiger partial charge >= 0.3 is 0 Å². The lowest BCUT2D eigenvalue weighted by atomic mass is 10.1. The van der Waals surface area contributed by atoms with Crippen molar-refractivity contribution in [3.63, 3.8) is 0 Å². The van der Waals surface area contributed by atoms with Crippen LogP contribution in [0, 0.1) is 0 Å². The topological polar surface area (TPSA) is 42.2 Å². The first-order valence-electron chi connectivity index (χ1n) is 3.95. The van der Waals surface area contributed by atoms with Gasteiger partial charge in [0.2, 0.25) is 0 Å². The van der Waals surface area contributed by atoms with E-state index >= 15 is 0 Å². The van der Waals surface area contributed by atoms with E-state index in [0.717, 1.165) is 0 Å². The van der Waals surface area contributed by atoms with Gasteiger partial charge in [-0.3, -0.25) is 4.79 Å². The Labute approximate surface area is 85.6 Å². The first-order chi connectivity index (χ1) is 5.90. The summed E-state index contributed by atoms with van der Waals surface area (Å²) in [5.41, 5.74) is 0.295. The molecule has 4 heteroatoms. The molecule has 1 amide bonds. The second kappa shape index (κ2) is 3.54. The predicted octanol–water partition coefficient (Wildman–Crippen LogP) is 2.57. The molecule has 0 bridgehead atoms. The molecule has 0 unspecified atom stereocenters. The molecule has 3 nitrogen and oxygen atoms in total. The van der Waals surface area contributed by atoms with Crippen molar-refractivity contribution in [1.29, 1.82) is 0 Å². The van der Waals surface area contributed by atoms with Crippen LogP contribution in [-0.2, 0) is 0 Å². The van der Waals surface area contributed by atoms with Gasteiger partial charge in [-0.05, 0) is 42.8 Å². The van der Waals surface area contributed by atoms with Crippen LogP contribution in [0.1, 0.15) is 31.1 Å². The number of carbonyl (C=O) groups is 1. The maximum Gasteiger partial charge on any atom is 0.256 e. The molecule has 0 aromatic carbocycles. The third-order valence-electron chi connectivity index (χ3n) is 1.35. The summed E-state index contributed by atoms with van der Waals surface area (Å²) in [6, 6.07) is 1.63. The van der Waals surface area contributed by atoms with Gasteiger partial charge in [0.15, 0.2) is 4.67 Å². The van der Waals surface area contributed by atoms with Crippen LogP contribution < -0.4 is 5.32 Å². The highest BCUT2D eigenvalue weighted by molar-refractivity contribution is 9.10. The highest BCUT2D eigenvalue weighted by Crippen LogP contribution is 2.17. The molecule has 0 radical (unpaired) electrons. The zero-order valence-electron chi connectivity index (χ0n) is 7.85. The molecule has 13 heavy (non-hydrogen) atoms. The van der Waals surface area contributed by atoms with Gasteiger partial charge in [0.1, 0.15) is 0 Å². The number of amides is 1. The van der Waals surface area contributed by atoms with Gasteiger partial charge in [0.05, 0.1) is 11.8 Å². The quantitative estimate of drug-likeness (QED) is 0.827. The highest BCUT2D eigenvalue weighted by Gasteiger charge is 2.18. The summed E-state index contributed by atoms with van der Waals surface area (Å²) in [7, 11) is 0. The summed E-state index contributed by atoms with van der Waals surface area (Å²) in [6.45, 7) is 5.79. The SMILES string of the molecule is CC(C)(C)NC(=O)c1ccoc1Br. The minimum Gasteiger partial charge on any atom is -0.457 e. The Kier molecular flexibility index (Phi) is 2.81. The molecule has 0 aliphatic carbocycles. The minimum atomic E-state index is -0.228. The number of hydrogen-bond acceptors (Lipinski definition) is 2. The smallest absolute Gasteiger partial charge is 0.256 e. The Balaban J connectivity index is 2.76. The Morgan fingerprint density at radius 1 is 1.54 bits per heavy atom. The maximum absolute atomic E-state index is 11.5. The van der Waals surface area contributed by atoms with Crippen molar-refractivity contribution in [3.8, 4) is 0 Å². The van der Waals surface area contributed by atoms with Crippen LogP contribution in [0.15, 0.2) is 21.4 Å². The third kappa shape index (κ3) is 2.88. The average Bonchev–Trinajstić information content (AvgIpc) is 2.30. The van der Waals surface area contributed by atoms with Crippen molar-refractivity contribution < 1.29 is 9.21 Å². The molecule has 0 spiro atoms. The summed E-state index contributed by atoms with van der Waals surface area (Å²) in [5.74, 6) is -0.131. The van der Waals surface area contributed by atoms with E-state index in [1.54, 1.807) is 6.07 Å². The first-order valence-corrected chi connectivity index (χ1v) is 4.75. The highest BCUT2D eigenvalue weighted by atomic mass is 79.9. The van der Waals surface area contributed by atoms with E-state index in [4.69, 9.17) is 4.42 Å². The number of carbonyl (C=O) groups excluding carboxylic acids is 1. The van der Waals surface area contributed by atoms with E-state index in [2.05, 4.69) is 21.2 Å². The van der Waals surface area contributed by atoms with Gasteiger partial charge in [-0.25, -0.2) is 0 Å². The van der Waals surface area contributed by atoms with Crippen molar-refractivity contribution in [2.75, 3.05) is 0 Å². The monoisotopic (exact) mass is 245 g/mol. The molecule has 0 fully saturated rings. The Morgan fingerprint density at radius 3 is 2.54 bits per heavy atom. The average molecular weight is 246 g/mol. The predicted molar refractivity (Wildman–Crippen MR) is 53.6 cm³/mol. The molecule has 0 aliphatic heterocycles. The number of rotatable bonds is 1. The number of nitrogens with one attached hydrogen (secondary N) is 1. The fourth-order valence-electron chi connectivity index (χ4n) is 0.864. The summed E-state index contributed by atoms with van der Waals surface area (Å²) >= 11 is 3.15. The zero-order valence-corrected chi connectivity index (χ0v) is 9.44. The van der Waals surface area contributed by atoms with Crippen molar-refractivity contribution in [2.24, 2.45) is 0 Å².